The van der Waals surface area contributed by atoms with Crippen molar-refractivity contribution in [1.82, 2.24) is 14.9 Å². The lowest BCUT2D eigenvalue weighted by molar-refractivity contribution is -0.125. The molecule has 0 bridgehead atoms. The molecule has 1 aromatic carbocycles. The van der Waals surface area contributed by atoms with E-state index >= 15 is 0 Å². The van der Waals surface area contributed by atoms with Gasteiger partial charge in [0.1, 0.15) is 17.7 Å². The summed E-state index contributed by atoms with van der Waals surface area (Å²) in [6.07, 6.45) is 3.11. The van der Waals surface area contributed by atoms with E-state index in [1.54, 1.807) is 23.1 Å². The number of aromatic nitrogens is 2. The molecule has 3 aromatic rings. The van der Waals surface area contributed by atoms with Gasteiger partial charge in [-0.2, -0.15) is 5.26 Å². The van der Waals surface area contributed by atoms with Gasteiger partial charge in [-0.1, -0.05) is 24.2 Å². The Morgan fingerprint density at radius 3 is 3.03 bits per heavy atom. The molecule has 1 saturated heterocycles. The molecule has 1 N–H and O–H groups in total. The maximum absolute atomic E-state index is 14.4. The van der Waals surface area contributed by atoms with Crippen LogP contribution in [0, 0.1) is 17.1 Å². The van der Waals surface area contributed by atoms with Gasteiger partial charge >= 0.3 is 0 Å². The van der Waals surface area contributed by atoms with E-state index in [0.29, 0.717) is 42.1 Å². The Hall–Kier alpha value is -3.70. The molecule has 4 rings (SSSR count). The van der Waals surface area contributed by atoms with Gasteiger partial charge in [0.15, 0.2) is 5.82 Å². The Kier molecular flexibility index (Phi) is 5.69. The zero-order chi connectivity index (χ0) is 22.0. The Bertz CT molecular complexity index is 1230. The van der Waals surface area contributed by atoms with Crippen molar-refractivity contribution >= 4 is 39.9 Å². The van der Waals surface area contributed by atoms with Crippen molar-refractivity contribution in [2.75, 3.05) is 18.4 Å². The number of anilines is 2. The van der Waals surface area contributed by atoms with E-state index in [9.17, 15) is 14.4 Å². The highest BCUT2D eigenvalue weighted by Crippen LogP contribution is 2.32. The van der Waals surface area contributed by atoms with Gasteiger partial charge in [-0.05, 0) is 24.3 Å². The van der Waals surface area contributed by atoms with E-state index in [-0.39, 0.29) is 28.3 Å². The highest BCUT2D eigenvalue weighted by Gasteiger charge is 2.26. The lowest BCUT2D eigenvalue weighted by Gasteiger charge is -2.16. The number of fused-ring (bicyclic) bond motifs is 1. The minimum Gasteiger partial charge on any atom is -0.472 e. The van der Waals surface area contributed by atoms with Gasteiger partial charge in [-0.25, -0.2) is 9.37 Å². The quantitative estimate of drug-likeness (QED) is 0.601. The molecule has 9 heteroatoms. The molecule has 31 heavy (non-hydrogen) atoms. The molecule has 1 aliphatic rings. The number of likely N-dealkylation sites (tertiary alicyclic amines) is 1. The molecule has 0 saturated carbocycles. The lowest BCUT2D eigenvalue weighted by atomic mass is 10.2. The number of hydrogen-bond donors (Lipinski definition) is 1. The van der Waals surface area contributed by atoms with Crippen molar-refractivity contribution < 1.29 is 13.9 Å². The molecule has 1 fully saturated rings. The minimum absolute atomic E-state index is 0.0429. The first-order valence-electron chi connectivity index (χ1n) is 9.49. The monoisotopic (exact) mass is 437 g/mol. The molecule has 0 radical (unpaired) electrons. The zero-order valence-electron chi connectivity index (χ0n) is 16.3. The van der Waals surface area contributed by atoms with Gasteiger partial charge in [0.2, 0.25) is 11.8 Å². The normalized spacial score (nSPS) is 15.5. The highest BCUT2D eigenvalue weighted by atomic mass is 35.5. The number of hydrogen-bond acceptors (Lipinski definition) is 6. The fourth-order valence-corrected chi connectivity index (χ4v) is 3.56. The number of pyridine rings is 2. The number of benzene rings is 1. The van der Waals surface area contributed by atoms with Crippen LogP contribution in [0.4, 0.5) is 15.8 Å². The number of ether oxygens (including phenoxy) is 1. The van der Waals surface area contributed by atoms with E-state index in [1.165, 1.54) is 24.4 Å². The van der Waals surface area contributed by atoms with Crippen molar-refractivity contribution in [2.45, 2.75) is 12.5 Å². The summed E-state index contributed by atoms with van der Waals surface area (Å²) in [5.74, 6) is -0.462. The molecule has 1 atom stereocenters. The third-order valence-corrected chi connectivity index (χ3v) is 5.23. The van der Waals surface area contributed by atoms with Crippen LogP contribution in [-0.4, -0.2) is 40.0 Å². The van der Waals surface area contributed by atoms with Crippen LogP contribution in [-0.2, 0) is 4.79 Å². The summed E-state index contributed by atoms with van der Waals surface area (Å²) in [6.45, 7) is 4.50. The Balaban J connectivity index is 1.67. The molecule has 156 valence electrons. The summed E-state index contributed by atoms with van der Waals surface area (Å²) in [4.78, 5) is 22.2. The number of amides is 1. The lowest BCUT2D eigenvalue weighted by Crippen LogP contribution is -2.29. The van der Waals surface area contributed by atoms with Gasteiger partial charge in [0, 0.05) is 25.2 Å². The van der Waals surface area contributed by atoms with E-state index in [0.717, 1.165) is 0 Å². The number of nitriles is 1. The van der Waals surface area contributed by atoms with Gasteiger partial charge in [0.25, 0.3) is 0 Å². The number of halogens is 2. The van der Waals surface area contributed by atoms with Gasteiger partial charge in [-0.3, -0.25) is 9.78 Å². The SMILES string of the molecule is C=CC(=O)N1CC[C@H](Oc2ccc3ncc(C#N)c(Nc4cccc(Cl)c4F)c3n2)C1. The van der Waals surface area contributed by atoms with Crippen molar-refractivity contribution in [3.05, 3.63) is 65.6 Å². The third kappa shape index (κ3) is 4.13. The Morgan fingerprint density at radius 1 is 1.42 bits per heavy atom. The minimum atomic E-state index is -0.636. The highest BCUT2D eigenvalue weighted by molar-refractivity contribution is 6.31. The smallest absolute Gasteiger partial charge is 0.246 e. The van der Waals surface area contributed by atoms with Crippen molar-refractivity contribution in [1.29, 1.82) is 5.26 Å². The molecule has 1 amide bonds. The van der Waals surface area contributed by atoms with Gasteiger partial charge < -0.3 is 15.0 Å². The molecule has 0 aliphatic carbocycles. The van der Waals surface area contributed by atoms with E-state index in [4.69, 9.17) is 16.3 Å². The van der Waals surface area contributed by atoms with Crippen LogP contribution in [0.2, 0.25) is 5.02 Å². The van der Waals surface area contributed by atoms with Crippen molar-refractivity contribution in [2.24, 2.45) is 0 Å². The summed E-state index contributed by atoms with van der Waals surface area (Å²) in [7, 11) is 0. The van der Waals surface area contributed by atoms with Crippen LogP contribution in [0.15, 0.2) is 49.2 Å². The first-order valence-corrected chi connectivity index (χ1v) is 9.87. The van der Waals surface area contributed by atoms with E-state index < -0.39 is 5.82 Å². The number of carbonyl (C=O) groups is 1. The first kappa shape index (κ1) is 20.6. The number of rotatable bonds is 5. The molecule has 0 unspecified atom stereocenters. The Morgan fingerprint density at radius 2 is 2.26 bits per heavy atom. The first-order chi connectivity index (χ1) is 15.0. The van der Waals surface area contributed by atoms with Crippen LogP contribution < -0.4 is 10.1 Å². The second-order valence-electron chi connectivity index (χ2n) is 6.92. The number of nitrogens with zero attached hydrogens (tertiary/aromatic N) is 4. The molecule has 2 aromatic heterocycles. The van der Waals surface area contributed by atoms with Gasteiger partial charge in [0.05, 0.1) is 34.0 Å². The van der Waals surface area contributed by atoms with Crippen molar-refractivity contribution in [3.8, 4) is 11.9 Å². The predicted molar refractivity (Wildman–Crippen MR) is 115 cm³/mol. The number of nitrogens with one attached hydrogen (secondary N) is 1. The largest absolute Gasteiger partial charge is 0.472 e. The molecule has 3 heterocycles. The van der Waals surface area contributed by atoms with Crippen LogP contribution in [0.25, 0.3) is 11.0 Å². The maximum atomic E-state index is 14.4. The average molecular weight is 438 g/mol. The molecule has 1 aliphatic heterocycles. The van der Waals surface area contributed by atoms with Crippen LogP contribution in [0.3, 0.4) is 0 Å². The molecule has 0 spiro atoms. The summed E-state index contributed by atoms with van der Waals surface area (Å²) < 4.78 is 20.4. The van der Waals surface area contributed by atoms with Gasteiger partial charge in [-0.15, -0.1) is 0 Å². The summed E-state index contributed by atoms with van der Waals surface area (Å²) in [5.41, 5.74) is 1.47. The van der Waals surface area contributed by atoms with E-state index in [2.05, 4.69) is 21.9 Å². The molecular formula is C22H17ClFN5O2. The van der Waals surface area contributed by atoms with Crippen LogP contribution in [0.1, 0.15) is 12.0 Å². The van der Waals surface area contributed by atoms with Crippen LogP contribution >= 0.6 is 11.6 Å². The van der Waals surface area contributed by atoms with Crippen molar-refractivity contribution in [3.63, 3.8) is 0 Å². The second-order valence-corrected chi connectivity index (χ2v) is 7.33. The predicted octanol–water partition coefficient (Wildman–Crippen LogP) is 4.20. The second kappa shape index (κ2) is 8.58. The average Bonchev–Trinajstić information content (AvgIpc) is 3.25. The Labute approximate surface area is 182 Å². The third-order valence-electron chi connectivity index (χ3n) is 4.94. The standard InChI is InChI=1S/C22H17ClFN5O2/c1-2-19(30)29-9-8-14(12-29)31-18-7-6-17-22(28-18)21(13(10-25)11-26-17)27-16-5-3-4-15(23)20(16)24/h2-7,11,14H,1,8-9,12H2,(H,26,27)/t14-/m0/s1. The summed E-state index contributed by atoms with van der Waals surface area (Å²) in [5, 5.41) is 12.4. The summed E-state index contributed by atoms with van der Waals surface area (Å²) in [6, 6.07) is 9.97. The topological polar surface area (TPSA) is 91.1 Å². The summed E-state index contributed by atoms with van der Waals surface area (Å²) >= 11 is 5.87. The van der Waals surface area contributed by atoms with Crippen LogP contribution in [0.5, 0.6) is 5.88 Å². The molecule has 7 nitrogen and oxygen atoms in total. The zero-order valence-corrected chi connectivity index (χ0v) is 17.1. The molecular weight excluding hydrogens is 421 g/mol. The fourth-order valence-electron chi connectivity index (χ4n) is 3.38. The maximum Gasteiger partial charge on any atom is 0.246 e. The van der Waals surface area contributed by atoms with E-state index in [1.807, 2.05) is 6.07 Å². The number of carbonyl (C=O) groups excluding carboxylic acids is 1. The fraction of sp³-hybridized carbons (Fsp3) is 0.182.